The van der Waals surface area contributed by atoms with E-state index in [1.54, 1.807) is 12.4 Å². The molecule has 7 heteroatoms. The van der Waals surface area contributed by atoms with E-state index >= 15 is 0 Å². The Balaban J connectivity index is 1.33. The van der Waals surface area contributed by atoms with Gasteiger partial charge in [0.05, 0.1) is 5.69 Å². The zero-order chi connectivity index (χ0) is 18.4. The molecule has 0 spiro atoms. The van der Waals surface area contributed by atoms with Crippen LogP contribution in [0.4, 0.5) is 0 Å². The Hall–Kier alpha value is -2.70. The summed E-state index contributed by atoms with van der Waals surface area (Å²) >= 11 is 0. The van der Waals surface area contributed by atoms with E-state index in [1.165, 1.54) is 0 Å². The Labute approximate surface area is 157 Å². The van der Waals surface area contributed by atoms with Gasteiger partial charge in [-0.15, -0.1) is 0 Å². The first-order chi connectivity index (χ1) is 13.2. The summed E-state index contributed by atoms with van der Waals surface area (Å²) in [6.45, 7) is 2.25. The first-order valence-electron chi connectivity index (χ1n) is 9.73. The van der Waals surface area contributed by atoms with Crippen LogP contribution in [0.2, 0.25) is 0 Å². The van der Waals surface area contributed by atoms with Crippen molar-refractivity contribution in [1.29, 1.82) is 0 Å². The van der Waals surface area contributed by atoms with Crippen molar-refractivity contribution < 1.29 is 9.59 Å². The summed E-state index contributed by atoms with van der Waals surface area (Å²) in [6.07, 6.45) is 7.30. The van der Waals surface area contributed by atoms with E-state index in [2.05, 4.69) is 20.1 Å². The van der Waals surface area contributed by atoms with Crippen molar-refractivity contribution in [3.05, 3.63) is 36.3 Å². The van der Waals surface area contributed by atoms with Gasteiger partial charge < -0.3 is 9.80 Å². The van der Waals surface area contributed by atoms with E-state index in [0.29, 0.717) is 35.9 Å². The van der Waals surface area contributed by atoms with Crippen molar-refractivity contribution in [2.75, 3.05) is 19.6 Å². The fourth-order valence-corrected chi connectivity index (χ4v) is 5.05. The smallest absolute Gasteiger partial charge is 0.271 e. The molecule has 2 aromatic heterocycles. The van der Waals surface area contributed by atoms with Gasteiger partial charge in [-0.1, -0.05) is 0 Å². The summed E-state index contributed by atoms with van der Waals surface area (Å²) in [7, 11) is 0. The predicted molar refractivity (Wildman–Crippen MR) is 98.7 cm³/mol. The highest BCUT2D eigenvalue weighted by Gasteiger charge is 2.45. The van der Waals surface area contributed by atoms with Gasteiger partial charge in [-0.2, -0.15) is 5.10 Å². The van der Waals surface area contributed by atoms with Gasteiger partial charge in [0.15, 0.2) is 0 Å². The SMILES string of the molecule is O=C(c1cc(-c2ccncc2)n[nH]1)N1CC2CC(C1)C1CCCC(=O)N1C2. The van der Waals surface area contributed by atoms with Gasteiger partial charge in [0.1, 0.15) is 5.69 Å². The minimum atomic E-state index is 0.00749. The number of aromatic nitrogens is 3. The minimum absolute atomic E-state index is 0.00749. The Bertz CT molecular complexity index is 864. The summed E-state index contributed by atoms with van der Waals surface area (Å²) in [4.78, 5) is 33.4. The zero-order valence-electron chi connectivity index (χ0n) is 15.2. The first-order valence-corrected chi connectivity index (χ1v) is 9.73. The van der Waals surface area contributed by atoms with Crippen molar-refractivity contribution in [3.63, 3.8) is 0 Å². The number of piperidine rings is 3. The summed E-state index contributed by atoms with van der Waals surface area (Å²) in [5, 5.41) is 7.20. The third-order valence-corrected chi connectivity index (χ3v) is 6.25. The molecule has 2 aromatic rings. The average molecular weight is 365 g/mol. The lowest BCUT2D eigenvalue weighted by Crippen LogP contribution is -2.61. The van der Waals surface area contributed by atoms with Crippen molar-refractivity contribution in [3.8, 4) is 11.3 Å². The van der Waals surface area contributed by atoms with Gasteiger partial charge in [0.25, 0.3) is 5.91 Å². The van der Waals surface area contributed by atoms with Crippen LogP contribution in [0.15, 0.2) is 30.6 Å². The van der Waals surface area contributed by atoms with Crippen LogP contribution in [-0.4, -0.2) is 62.5 Å². The number of carbonyl (C=O) groups excluding carboxylic acids is 2. The Morgan fingerprint density at radius 2 is 2.04 bits per heavy atom. The second-order valence-electron chi connectivity index (χ2n) is 7.98. The van der Waals surface area contributed by atoms with E-state index in [9.17, 15) is 9.59 Å². The molecule has 2 amide bonds. The minimum Gasteiger partial charge on any atom is -0.339 e. The van der Waals surface area contributed by atoms with Crippen LogP contribution in [0, 0.1) is 11.8 Å². The second-order valence-corrected chi connectivity index (χ2v) is 7.98. The van der Waals surface area contributed by atoms with Gasteiger partial charge in [0, 0.05) is 50.1 Å². The molecule has 27 heavy (non-hydrogen) atoms. The number of rotatable bonds is 2. The number of likely N-dealkylation sites (tertiary alicyclic amines) is 1. The molecule has 0 radical (unpaired) electrons. The molecule has 0 saturated carbocycles. The summed E-state index contributed by atoms with van der Waals surface area (Å²) in [5.74, 6) is 1.09. The number of hydrogen-bond acceptors (Lipinski definition) is 4. The Morgan fingerprint density at radius 3 is 2.89 bits per heavy atom. The molecule has 1 N–H and O–H groups in total. The molecule has 3 unspecified atom stereocenters. The van der Waals surface area contributed by atoms with Gasteiger partial charge in [0.2, 0.25) is 5.91 Å². The topological polar surface area (TPSA) is 82.2 Å². The highest BCUT2D eigenvalue weighted by atomic mass is 16.2. The van der Waals surface area contributed by atoms with Crippen LogP contribution < -0.4 is 0 Å². The number of carbonyl (C=O) groups is 2. The van der Waals surface area contributed by atoms with Crippen LogP contribution in [0.3, 0.4) is 0 Å². The van der Waals surface area contributed by atoms with Gasteiger partial charge >= 0.3 is 0 Å². The fourth-order valence-electron chi connectivity index (χ4n) is 5.05. The van der Waals surface area contributed by atoms with Crippen LogP contribution in [0.5, 0.6) is 0 Å². The maximum absolute atomic E-state index is 13.1. The third-order valence-electron chi connectivity index (χ3n) is 6.25. The molecule has 2 bridgehead atoms. The van der Waals surface area contributed by atoms with Gasteiger partial charge in [-0.25, -0.2) is 0 Å². The van der Waals surface area contributed by atoms with Crippen molar-refractivity contribution in [1.82, 2.24) is 25.0 Å². The Kier molecular flexibility index (Phi) is 3.95. The molecule has 7 nitrogen and oxygen atoms in total. The molecular weight excluding hydrogens is 342 g/mol. The maximum atomic E-state index is 13.1. The maximum Gasteiger partial charge on any atom is 0.271 e. The number of nitrogens with one attached hydrogen (secondary N) is 1. The zero-order valence-corrected chi connectivity index (χ0v) is 15.2. The molecule has 3 fully saturated rings. The second kappa shape index (κ2) is 6.48. The quantitative estimate of drug-likeness (QED) is 0.882. The number of amides is 2. The van der Waals surface area contributed by atoms with Crippen LogP contribution >= 0.6 is 0 Å². The predicted octanol–water partition coefficient (Wildman–Crippen LogP) is 1.94. The highest BCUT2D eigenvalue weighted by molar-refractivity contribution is 5.93. The van der Waals surface area contributed by atoms with Crippen LogP contribution in [0.25, 0.3) is 11.3 Å². The number of fused-ring (bicyclic) bond motifs is 4. The summed E-state index contributed by atoms with van der Waals surface area (Å²) < 4.78 is 0. The van der Waals surface area contributed by atoms with Crippen molar-refractivity contribution in [2.24, 2.45) is 11.8 Å². The lowest BCUT2D eigenvalue weighted by Gasteiger charge is -2.52. The molecule has 5 heterocycles. The summed E-state index contributed by atoms with van der Waals surface area (Å²) in [6, 6.07) is 5.89. The van der Waals surface area contributed by atoms with E-state index < -0.39 is 0 Å². The number of nitrogens with zero attached hydrogens (tertiary/aromatic N) is 4. The summed E-state index contributed by atoms with van der Waals surface area (Å²) in [5.41, 5.74) is 2.22. The number of aromatic amines is 1. The fraction of sp³-hybridized carbons (Fsp3) is 0.500. The van der Waals surface area contributed by atoms with E-state index in [4.69, 9.17) is 0 Å². The third kappa shape index (κ3) is 2.91. The molecule has 3 saturated heterocycles. The molecular formula is C20H23N5O2. The molecule has 5 rings (SSSR count). The van der Waals surface area contributed by atoms with Crippen LogP contribution in [-0.2, 0) is 4.79 Å². The lowest BCUT2D eigenvalue weighted by atomic mass is 9.76. The molecule has 140 valence electrons. The standard InChI is InChI=1S/C20H23N5O2/c26-19-3-1-2-18-15-8-13(11-25(18)19)10-24(12-15)20(27)17-9-16(22-23-17)14-4-6-21-7-5-14/h4-7,9,13,15,18H,1-3,8,10-12H2,(H,22,23). The number of hydrogen-bond donors (Lipinski definition) is 1. The van der Waals surface area contributed by atoms with Gasteiger partial charge in [-0.3, -0.25) is 19.7 Å². The van der Waals surface area contributed by atoms with Crippen LogP contribution in [0.1, 0.15) is 36.2 Å². The number of H-pyrrole nitrogens is 1. The normalized spacial score (nSPS) is 27.4. The van der Waals surface area contributed by atoms with Crippen molar-refractivity contribution >= 4 is 11.8 Å². The molecule has 3 aliphatic rings. The first kappa shape index (κ1) is 16.5. The largest absolute Gasteiger partial charge is 0.339 e. The molecule has 0 aliphatic carbocycles. The lowest BCUT2D eigenvalue weighted by molar-refractivity contribution is -0.144. The highest BCUT2D eigenvalue weighted by Crippen LogP contribution is 2.38. The van der Waals surface area contributed by atoms with E-state index in [-0.39, 0.29) is 5.91 Å². The monoisotopic (exact) mass is 365 g/mol. The molecule has 3 atom stereocenters. The molecule has 0 aromatic carbocycles. The number of pyridine rings is 1. The van der Waals surface area contributed by atoms with Gasteiger partial charge in [-0.05, 0) is 49.3 Å². The van der Waals surface area contributed by atoms with E-state index in [1.807, 2.05) is 23.1 Å². The van der Waals surface area contributed by atoms with Crippen molar-refractivity contribution in [2.45, 2.75) is 31.7 Å². The average Bonchev–Trinajstić information content (AvgIpc) is 3.19. The Morgan fingerprint density at radius 1 is 1.19 bits per heavy atom. The molecule has 3 aliphatic heterocycles. The van der Waals surface area contributed by atoms with E-state index in [0.717, 1.165) is 50.2 Å².